The van der Waals surface area contributed by atoms with Gasteiger partial charge in [-0.1, -0.05) is 0 Å². The van der Waals surface area contributed by atoms with Crippen molar-refractivity contribution in [3.05, 3.63) is 18.1 Å². The van der Waals surface area contributed by atoms with E-state index in [1.165, 1.54) is 0 Å². The van der Waals surface area contributed by atoms with Crippen molar-refractivity contribution in [1.82, 2.24) is 20.2 Å². The lowest BCUT2D eigenvalue weighted by atomic mass is 10.3. The summed E-state index contributed by atoms with van der Waals surface area (Å²) in [5, 5.41) is 3.31. The Morgan fingerprint density at radius 1 is 1.65 bits per heavy atom. The Labute approximate surface area is 101 Å². The van der Waals surface area contributed by atoms with Crippen LogP contribution in [0.1, 0.15) is 5.82 Å². The highest BCUT2D eigenvalue weighted by Gasteiger charge is 2.15. The number of hydrogen-bond donors (Lipinski definition) is 2. The van der Waals surface area contributed by atoms with Gasteiger partial charge >= 0.3 is 0 Å². The van der Waals surface area contributed by atoms with Crippen molar-refractivity contribution in [3.8, 4) is 0 Å². The summed E-state index contributed by atoms with van der Waals surface area (Å²) in [5.41, 5.74) is 5.61. The summed E-state index contributed by atoms with van der Waals surface area (Å²) >= 11 is 0. The molecule has 1 saturated heterocycles. The summed E-state index contributed by atoms with van der Waals surface area (Å²) in [6, 6.07) is 1.69. The minimum absolute atomic E-state index is 0.245. The quantitative estimate of drug-likeness (QED) is 0.734. The molecule has 0 amide bonds. The molecule has 1 fully saturated rings. The van der Waals surface area contributed by atoms with Gasteiger partial charge in [-0.05, 0) is 13.1 Å². The number of anilines is 1. The van der Waals surface area contributed by atoms with Crippen molar-refractivity contribution in [3.63, 3.8) is 0 Å². The number of hydrogen-bond acceptors (Lipinski definition) is 6. The van der Waals surface area contributed by atoms with E-state index in [2.05, 4.69) is 20.2 Å². The zero-order valence-corrected chi connectivity index (χ0v) is 10.1. The fourth-order valence-electron chi connectivity index (χ4n) is 1.88. The van der Waals surface area contributed by atoms with Crippen LogP contribution in [0.4, 0.5) is 5.82 Å². The first-order valence-electron chi connectivity index (χ1n) is 5.82. The van der Waals surface area contributed by atoms with Gasteiger partial charge in [0.1, 0.15) is 11.6 Å². The molecule has 0 radical (unpaired) electrons. The summed E-state index contributed by atoms with van der Waals surface area (Å²) in [5.74, 6) is 1.26. The van der Waals surface area contributed by atoms with Crippen LogP contribution in [0.15, 0.2) is 12.3 Å². The summed E-state index contributed by atoms with van der Waals surface area (Å²) in [6.07, 6.45) is 1.93. The second-order valence-electron chi connectivity index (χ2n) is 4.29. The van der Waals surface area contributed by atoms with E-state index in [0.29, 0.717) is 12.4 Å². The number of nitrogens with zero attached hydrogens (tertiary/aromatic N) is 3. The maximum atomic E-state index is 5.64. The molecule has 2 heterocycles. The summed E-state index contributed by atoms with van der Waals surface area (Å²) in [7, 11) is 2.03. The van der Waals surface area contributed by atoms with Crippen LogP contribution in [-0.2, 0) is 11.3 Å². The molecule has 6 nitrogen and oxygen atoms in total. The Bertz CT molecular complexity index is 353. The number of likely N-dealkylation sites (N-methyl/N-ethyl adjacent to an activating group) is 1. The van der Waals surface area contributed by atoms with Gasteiger partial charge in [0.05, 0.1) is 19.3 Å². The summed E-state index contributed by atoms with van der Waals surface area (Å²) in [6.45, 7) is 4.18. The zero-order valence-electron chi connectivity index (χ0n) is 10.1. The number of aromatic nitrogens is 2. The van der Waals surface area contributed by atoms with Crippen molar-refractivity contribution in [2.75, 3.05) is 39.0 Å². The fraction of sp³-hybridized carbons (Fsp3) is 0.636. The van der Waals surface area contributed by atoms with Gasteiger partial charge in [-0.25, -0.2) is 9.97 Å². The molecule has 1 aromatic heterocycles. The largest absolute Gasteiger partial charge is 0.384 e. The number of morpholine rings is 1. The molecular formula is C11H19N5O. The molecule has 1 unspecified atom stereocenters. The Hall–Kier alpha value is -1.24. The Morgan fingerprint density at radius 2 is 2.53 bits per heavy atom. The van der Waals surface area contributed by atoms with E-state index in [1.807, 2.05) is 7.05 Å². The van der Waals surface area contributed by atoms with Gasteiger partial charge in [-0.2, -0.15) is 0 Å². The molecule has 1 atom stereocenters. The number of nitrogens with one attached hydrogen (secondary N) is 1. The molecule has 1 aromatic rings. The van der Waals surface area contributed by atoms with Crippen molar-refractivity contribution in [1.29, 1.82) is 0 Å². The predicted molar refractivity (Wildman–Crippen MR) is 65.4 cm³/mol. The minimum atomic E-state index is 0.245. The molecule has 0 saturated carbocycles. The van der Waals surface area contributed by atoms with Gasteiger partial charge in [0.25, 0.3) is 0 Å². The third-order valence-electron chi connectivity index (χ3n) is 2.66. The zero-order chi connectivity index (χ0) is 12.1. The van der Waals surface area contributed by atoms with E-state index < -0.39 is 0 Å². The summed E-state index contributed by atoms with van der Waals surface area (Å²) < 4.78 is 5.64. The molecule has 0 aliphatic carbocycles. The van der Waals surface area contributed by atoms with Gasteiger partial charge in [0, 0.05) is 25.8 Å². The Morgan fingerprint density at radius 3 is 3.24 bits per heavy atom. The topological polar surface area (TPSA) is 76.3 Å². The van der Waals surface area contributed by atoms with Crippen LogP contribution in [0.5, 0.6) is 0 Å². The molecule has 3 N–H and O–H groups in total. The van der Waals surface area contributed by atoms with Crippen LogP contribution in [0, 0.1) is 0 Å². The maximum Gasteiger partial charge on any atom is 0.144 e. The average Bonchev–Trinajstić information content (AvgIpc) is 2.30. The number of rotatable bonds is 4. The van der Waals surface area contributed by atoms with Gasteiger partial charge in [-0.15, -0.1) is 0 Å². The molecule has 0 aromatic carbocycles. The molecule has 1 aliphatic rings. The normalized spacial score (nSPS) is 20.7. The van der Waals surface area contributed by atoms with E-state index in [-0.39, 0.29) is 6.10 Å². The summed E-state index contributed by atoms with van der Waals surface area (Å²) in [4.78, 5) is 10.5. The monoisotopic (exact) mass is 237 g/mol. The molecule has 2 rings (SSSR count). The number of nitrogen functional groups attached to an aromatic ring is 1. The lowest BCUT2D eigenvalue weighted by Gasteiger charge is -2.27. The first-order valence-corrected chi connectivity index (χ1v) is 5.82. The fourth-order valence-corrected chi connectivity index (χ4v) is 1.88. The smallest absolute Gasteiger partial charge is 0.144 e. The van der Waals surface area contributed by atoms with E-state index in [1.54, 1.807) is 12.3 Å². The van der Waals surface area contributed by atoms with E-state index >= 15 is 0 Å². The van der Waals surface area contributed by atoms with Gasteiger partial charge < -0.3 is 15.8 Å². The van der Waals surface area contributed by atoms with Crippen molar-refractivity contribution in [2.45, 2.75) is 12.6 Å². The number of nitrogens with two attached hydrogens (primary N) is 1. The standard InChI is InChI=1S/C11H19N5O/c1-16(7-9-6-13-4-5-17-9)8-11-14-3-2-10(12)15-11/h2-3,9,13H,4-8H2,1H3,(H2,12,14,15). The maximum absolute atomic E-state index is 5.64. The lowest BCUT2D eigenvalue weighted by molar-refractivity contribution is 0.00850. The van der Waals surface area contributed by atoms with Crippen LogP contribution < -0.4 is 11.1 Å². The average molecular weight is 237 g/mol. The minimum Gasteiger partial charge on any atom is -0.384 e. The highest BCUT2D eigenvalue weighted by molar-refractivity contribution is 5.24. The van der Waals surface area contributed by atoms with Crippen molar-refractivity contribution in [2.24, 2.45) is 0 Å². The molecular weight excluding hydrogens is 218 g/mol. The van der Waals surface area contributed by atoms with E-state index in [4.69, 9.17) is 10.5 Å². The highest BCUT2D eigenvalue weighted by Crippen LogP contribution is 2.03. The van der Waals surface area contributed by atoms with E-state index in [9.17, 15) is 0 Å². The SMILES string of the molecule is CN(Cc1nccc(N)n1)CC1CNCCO1. The molecule has 0 spiro atoms. The van der Waals surface area contributed by atoms with Crippen LogP contribution in [0.3, 0.4) is 0 Å². The second kappa shape index (κ2) is 5.90. The molecule has 6 heteroatoms. The first-order chi connectivity index (χ1) is 8.24. The molecule has 1 aliphatic heterocycles. The van der Waals surface area contributed by atoms with Crippen LogP contribution in [0.2, 0.25) is 0 Å². The third-order valence-corrected chi connectivity index (χ3v) is 2.66. The van der Waals surface area contributed by atoms with Crippen LogP contribution in [-0.4, -0.2) is 54.3 Å². The van der Waals surface area contributed by atoms with Gasteiger partial charge in [0.15, 0.2) is 0 Å². The van der Waals surface area contributed by atoms with Gasteiger partial charge in [0.2, 0.25) is 0 Å². The molecule has 94 valence electrons. The van der Waals surface area contributed by atoms with Crippen molar-refractivity contribution >= 4 is 5.82 Å². The highest BCUT2D eigenvalue weighted by atomic mass is 16.5. The predicted octanol–water partition coefficient (Wildman–Crippen LogP) is -0.521. The number of ether oxygens (including phenoxy) is 1. The Kier molecular flexibility index (Phi) is 4.24. The van der Waals surface area contributed by atoms with E-state index in [0.717, 1.165) is 32.1 Å². The first kappa shape index (κ1) is 12.2. The Balaban J connectivity index is 1.82. The molecule has 0 bridgehead atoms. The second-order valence-corrected chi connectivity index (χ2v) is 4.29. The third kappa shape index (κ3) is 3.92. The van der Waals surface area contributed by atoms with Crippen LogP contribution in [0.25, 0.3) is 0 Å². The molecule has 17 heavy (non-hydrogen) atoms. The van der Waals surface area contributed by atoms with Gasteiger partial charge in [-0.3, -0.25) is 4.90 Å². The van der Waals surface area contributed by atoms with Crippen molar-refractivity contribution < 1.29 is 4.74 Å². The lowest BCUT2D eigenvalue weighted by Crippen LogP contribution is -2.44. The van der Waals surface area contributed by atoms with Crippen LogP contribution >= 0.6 is 0 Å².